The Morgan fingerprint density at radius 3 is 2.27 bits per heavy atom. The molecule has 5 heteroatoms. The molecule has 0 aliphatic heterocycles. The molecular formula is C10H12N4O. The maximum absolute atomic E-state index is 9.93. The lowest BCUT2D eigenvalue weighted by Crippen LogP contribution is -1.86. The molecule has 0 bridgehead atoms. The minimum atomic E-state index is 0.507. The molecule has 2 heterocycles. The van der Waals surface area contributed by atoms with E-state index in [2.05, 4.69) is 15.1 Å². The normalized spacial score (nSPS) is 8.93. The van der Waals surface area contributed by atoms with Crippen LogP contribution < -0.4 is 0 Å². The molecule has 0 aliphatic rings. The van der Waals surface area contributed by atoms with Crippen molar-refractivity contribution in [3.05, 3.63) is 42.2 Å². The van der Waals surface area contributed by atoms with Crippen LogP contribution in [0.25, 0.3) is 0 Å². The van der Waals surface area contributed by atoms with E-state index in [9.17, 15) is 4.79 Å². The molecule has 2 rings (SSSR count). The Morgan fingerprint density at radius 1 is 1.33 bits per heavy atom. The van der Waals surface area contributed by atoms with Gasteiger partial charge in [-0.3, -0.25) is 9.48 Å². The second kappa shape index (κ2) is 5.64. The highest BCUT2D eigenvalue weighted by atomic mass is 16.1. The molecule has 0 radical (unpaired) electrons. The topological polar surface area (TPSA) is 60.7 Å². The van der Waals surface area contributed by atoms with Crippen LogP contribution in [0.3, 0.4) is 0 Å². The average Bonchev–Trinajstić information content (AvgIpc) is 2.65. The van der Waals surface area contributed by atoms with Crippen LogP contribution in [0.1, 0.15) is 16.1 Å². The molecule has 0 unspecified atom stereocenters. The molecular weight excluding hydrogens is 192 g/mol. The van der Waals surface area contributed by atoms with E-state index in [1.54, 1.807) is 4.68 Å². The summed E-state index contributed by atoms with van der Waals surface area (Å²) >= 11 is 0. The van der Waals surface area contributed by atoms with Gasteiger partial charge in [-0.15, -0.1) is 0 Å². The highest BCUT2D eigenvalue weighted by Crippen LogP contribution is 1.86. The van der Waals surface area contributed by atoms with Gasteiger partial charge in [0, 0.05) is 25.6 Å². The number of hydrogen-bond donors (Lipinski definition) is 0. The molecule has 0 saturated heterocycles. The van der Waals surface area contributed by atoms with Gasteiger partial charge >= 0.3 is 0 Å². The van der Waals surface area contributed by atoms with E-state index in [-0.39, 0.29) is 0 Å². The number of aldehydes is 1. The first-order chi connectivity index (χ1) is 7.22. The first-order valence-electron chi connectivity index (χ1n) is 4.39. The summed E-state index contributed by atoms with van der Waals surface area (Å²) < 4.78 is 1.79. The summed E-state index contributed by atoms with van der Waals surface area (Å²) in [6, 6.07) is 1.97. The second-order valence-corrected chi connectivity index (χ2v) is 2.92. The molecule has 5 nitrogen and oxygen atoms in total. The Bertz CT molecular complexity index is 394. The summed E-state index contributed by atoms with van der Waals surface area (Å²) in [7, 11) is 1.91. The lowest BCUT2D eigenvalue weighted by Gasteiger charge is -1.80. The molecule has 0 saturated carbocycles. The van der Waals surface area contributed by atoms with E-state index in [0.717, 1.165) is 5.69 Å². The Balaban J connectivity index is 0.000000151. The lowest BCUT2D eigenvalue weighted by atomic mass is 10.4. The molecule has 15 heavy (non-hydrogen) atoms. The SMILES string of the molecule is Cc1ccn(C)n1.O=Cc1cncnc1. The average molecular weight is 204 g/mol. The Morgan fingerprint density at radius 2 is 2.00 bits per heavy atom. The van der Waals surface area contributed by atoms with E-state index in [1.807, 2.05) is 26.2 Å². The van der Waals surface area contributed by atoms with Crippen LogP contribution in [0.4, 0.5) is 0 Å². The van der Waals surface area contributed by atoms with E-state index < -0.39 is 0 Å². The number of rotatable bonds is 1. The molecule has 0 atom stereocenters. The van der Waals surface area contributed by atoms with Crippen LogP contribution in [-0.2, 0) is 7.05 Å². The number of hydrogen-bond acceptors (Lipinski definition) is 4. The summed E-state index contributed by atoms with van der Waals surface area (Å²) in [5, 5.41) is 4.03. The lowest BCUT2D eigenvalue weighted by molar-refractivity contribution is 0.112. The molecule has 0 aliphatic carbocycles. The van der Waals surface area contributed by atoms with Gasteiger partial charge in [-0.1, -0.05) is 0 Å². The van der Waals surface area contributed by atoms with Gasteiger partial charge in [0.25, 0.3) is 0 Å². The largest absolute Gasteiger partial charge is 0.298 e. The Kier molecular flexibility index (Phi) is 4.15. The summed E-state index contributed by atoms with van der Waals surface area (Å²) in [5.74, 6) is 0. The quantitative estimate of drug-likeness (QED) is 0.650. The van der Waals surface area contributed by atoms with Gasteiger partial charge in [0.05, 0.1) is 11.3 Å². The predicted octanol–water partition coefficient (Wildman–Crippen LogP) is 1.02. The fourth-order valence-corrected chi connectivity index (χ4v) is 0.903. The van der Waals surface area contributed by atoms with Crippen LogP contribution in [0, 0.1) is 6.92 Å². The van der Waals surface area contributed by atoms with Crippen LogP contribution >= 0.6 is 0 Å². The van der Waals surface area contributed by atoms with E-state index in [0.29, 0.717) is 11.8 Å². The van der Waals surface area contributed by atoms with Crippen molar-refractivity contribution in [2.75, 3.05) is 0 Å². The Labute approximate surface area is 87.8 Å². The molecule has 0 fully saturated rings. The molecule has 0 aromatic carbocycles. The van der Waals surface area contributed by atoms with Crippen molar-refractivity contribution in [2.45, 2.75) is 6.92 Å². The predicted molar refractivity (Wildman–Crippen MR) is 55.4 cm³/mol. The first-order valence-corrected chi connectivity index (χ1v) is 4.39. The van der Waals surface area contributed by atoms with Crippen molar-refractivity contribution >= 4 is 6.29 Å². The van der Waals surface area contributed by atoms with Gasteiger partial charge in [0.1, 0.15) is 6.33 Å². The van der Waals surface area contributed by atoms with Crippen molar-refractivity contribution in [3.63, 3.8) is 0 Å². The monoisotopic (exact) mass is 204 g/mol. The van der Waals surface area contributed by atoms with Crippen molar-refractivity contribution < 1.29 is 4.79 Å². The number of carbonyl (C=O) groups is 1. The number of carbonyl (C=O) groups excluding carboxylic acids is 1. The third kappa shape index (κ3) is 4.12. The zero-order valence-corrected chi connectivity index (χ0v) is 8.66. The summed E-state index contributed by atoms with van der Waals surface area (Å²) in [5.41, 5.74) is 1.58. The smallest absolute Gasteiger partial charge is 0.153 e. The van der Waals surface area contributed by atoms with E-state index >= 15 is 0 Å². The van der Waals surface area contributed by atoms with E-state index in [1.165, 1.54) is 18.7 Å². The second-order valence-electron chi connectivity index (χ2n) is 2.92. The summed E-state index contributed by atoms with van der Waals surface area (Å²) in [6.45, 7) is 1.97. The van der Waals surface area contributed by atoms with E-state index in [4.69, 9.17) is 0 Å². The molecule has 78 valence electrons. The van der Waals surface area contributed by atoms with Gasteiger partial charge in [0.2, 0.25) is 0 Å². The van der Waals surface area contributed by atoms with Crippen LogP contribution in [-0.4, -0.2) is 26.0 Å². The van der Waals surface area contributed by atoms with Gasteiger partial charge in [-0.05, 0) is 13.0 Å². The van der Waals surface area contributed by atoms with Gasteiger partial charge in [0.15, 0.2) is 6.29 Å². The van der Waals surface area contributed by atoms with Crippen molar-refractivity contribution in [2.24, 2.45) is 7.05 Å². The number of aromatic nitrogens is 4. The summed E-state index contributed by atoms with van der Waals surface area (Å²) in [6.07, 6.45) is 6.93. The molecule has 0 amide bonds. The van der Waals surface area contributed by atoms with Crippen molar-refractivity contribution in [1.82, 2.24) is 19.7 Å². The van der Waals surface area contributed by atoms with Crippen LogP contribution in [0.5, 0.6) is 0 Å². The number of nitrogens with zero attached hydrogens (tertiary/aromatic N) is 4. The third-order valence-electron chi connectivity index (χ3n) is 1.56. The number of aryl methyl sites for hydroxylation is 2. The standard InChI is InChI=1S/C5H4N2O.C5H8N2/c8-3-5-1-6-4-7-2-5;1-5-3-4-7(2)6-5/h1-4H;3-4H,1-2H3. The molecule has 0 N–H and O–H groups in total. The maximum Gasteiger partial charge on any atom is 0.153 e. The van der Waals surface area contributed by atoms with Crippen molar-refractivity contribution in [1.29, 1.82) is 0 Å². The molecule has 2 aromatic rings. The van der Waals surface area contributed by atoms with Crippen LogP contribution in [0.2, 0.25) is 0 Å². The minimum Gasteiger partial charge on any atom is -0.298 e. The first kappa shape index (κ1) is 11.0. The Hall–Kier alpha value is -2.04. The van der Waals surface area contributed by atoms with Crippen LogP contribution in [0.15, 0.2) is 31.0 Å². The fourth-order valence-electron chi connectivity index (χ4n) is 0.903. The fraction of sp³-hybridized carbons (Fsp3) is 0.200. The van der Waals surface area contributed by atoms with Crippen molar-refractivity contribution in [3.8, 4) is 0 Å². The zero-order chi connectivity index (χ0) is 11.1. The summed E-state index contributed by atoms with van der Waals surface area (Å²) in [4.78, 5) is 17.2. The minimum absolute atomic E-state index is 0.507. The van der Waals surface area contributed by atoms with Gasteiger partial charge in [-0.2, -0.15) is 5.10 Å². The third-order valence-corrected chi connectivity index (χ3v) is 1.56. The van der Waals surface area contributed by atoms with Gasteiger partial charge in [-0.25, -0.2) is 9.97 Å². The maximum atomic E-state index is 9.93. The molecule has 2 aromatic heterocycles. The van der Waals surface area contributed by atoms with Gasteiger partial charge < -0.3 is 0 Å². The zero-order valence-electron chi connectivity index (χ0n) is 8.66. The highest BCUT2D eigenvalue weighted by Gasteiger charge is 1.82. The highest BCUT2D eigenvalue weighted by molar-refractivity contribution is 5.73. The molecule has 0 spiro atoms.